The van der Waals surface area contributed by atoms with Crippen LogP contribution in [0.2, 0.25) is 0 Å². The molecule has 0 heterocycles. The van der Waals surface area contributed by atoms with Crippen LogP contribution in [0.1, 0.15) is 30.9 Å². The van der Waals surface area contributed by atoms with Crippen molar-refractivity contribution in [2.24, 2.45) is 0 Å². The van der Waals surface area contributed by atoms with E-state index in [1.165, 1.54) is 12.1 Å². The Morgan fingerprint density at radius 1 is 1.23 bits per heavy atom. The third-order valence-corrected chi connectivity index (χ3v) is 3.76. The molecule has 6 nitrogen and oxygen atoms in total. The molecule has 0 spiro atoms. The Morgan fingerprint density at radius 3 is 2.54 bits per heavy atom. The first-order valence-corrected chi connectivity index (χ1v) is 8.26. The van der Waals surface area contributed by atoms with E-state index in [4.69, 9.17) is 9.47 Å². The molecule has 0 saturated carbocycles. The van der Waals surface area contributed by atoms with Gasteiger partial charge in [-0.2, -0.15) is 5.26 Å². The number of nitro benzene ring substituents is 1. The molecule has 2 rings (SSSR count). The van der Waals surface area contributed by atoms with Gasteiger partial charge in [0, 0.05) is 12.1 Å². The molecule has 134 valence electrons. The summed E-state index contributed by atoms with van der Waals surface area (Å²) in [5.74, 6) is 1.25. The molecule has 0 radical (unpaired) electrons. The van der Waals surface area contributed by atoms with E-state index in [0.29, 0.717) is 29.2 Å². The summed E-state index contributed by atoms with van der Waals surface area (Å²) in [5, 5.41) is 20.2. The molecule has 0 atom stereocenters. The number of hydrogen-bond donors (Lipinski definition) is 0. The number of hydrogen-bond acceptors (Lipinski definition) is 5. The summed E-state index contributed by atoms with van der Waals surface area (Å²) < 4.78 is 11.1. The van der Waals surface area contributed by atoms with Gasteiger partial charge >= 0.3 is 0 Å². The molecule has 0 bridgehead atoms. The van der Waals surface area contributed by atoms with Gasteiger partial charge in [0.05, 0.1) is 30.3 Å². The fourth-order valence-corrected chi connectivity index (χ4v) is 2.33. The largest absolute Gasteiger partial charge is 0.493 e. The van der Waals surface area contributed by atoms with E-state index in [9.17, 15) is 15.4 Å². The molecular weight excluding hydrogens is 332 g/mol. The first-order valence-electron chi connectivity index (χ1n) is 8.26. The zero-order valence-electron chi connectivity index (χ0n) is 14.8. The Kier molecular flexibility index (Phi) is 6.75. The number of benzene rings is 2. The van der Waals surface area contributed by atoms with Gasteiger partial charge in [0.1, 0.15) is 0 Å². The Balaban J connectivity index is 2.27. The fourth-order valence-electron chi connectivity index (χ4n) is 2.33. The lowest BCUT2D eigenvalue weighted by Gasteiger charge is -2.11. The molecule has 2 aromatic rings. The van der Waals surface area contributed by atoms with E-state index in [-0.39, 0.29) is 5.69 Å². The maximum Gasteiger partial charge on any atom is 0.269 e. The quantitative estimate of drug-likeness (QED) is 0.223. The van der Waals surface area contributed by atoms with E-state index in [1.807, 2.05) is 12.1 Å². The van der Waals surface area contributed by atoms with Gasteiger partial charge in [0.2, 0.25) is 0 Å². The van der Waals surface area contributed by atoms with Gasteiger partial charge in [-0.1, -0.05) is 19.4 Å². The zero-order chi connectivity index (χ0) is 18.9. The van der Waals surface area contributed by atoms with Crippen LogP contribution < -0.4 is 9.47 Å². The van der Waals surface area contributed by atoms with Crippen molar-refractivity contribution in [2.45, 2.75) is 19.8 Å². The summed E-state index contributed by atoms with van der Waals surface area (Å²) in [6.45, 7) is 2.71. The Bertz CT molecular complexity index is 836. The predicted octanol–water partition coefficient (Wildman–Crippen LogP) is 4.85. The average molecular weight is 352 g/mol. The van der Waals surface area contributed by atoms with Crippen LogP contribution in [0.15, 0.2) is 42.5 Å². The van der Waals surface area contributed by atoms with Crippen molar-refractivity contribution in [1.82, 2.24) is 0 Å². The van der Waals surface area contributed by atoms with Crippen LogP contribution in [0.5, 0.6) is 11.5 Å². The maximum absolute atomic E-state index is 10.7. The number of allylic oxidation sites excluding steroid dienone is 1. The van der Waals surface area contributed by atoms with Crippen molar-refractivity contribution in [3.05, 3.63) is 63.7 Å². The molecule has 0 aliphatic rings. The molecule has 2 aromatic carbocycles. The van der Waals surface area contributed by atoms with Crippen LogP contribution in [0, 0.1) is 21.4 Å². The number of methoxy groups -OCH3 is 1. The van der Waals surface area contributed by atoms with Gasteiger partial charge in [-0.15, -0.1) is 0 Å². The van der Waals surface area contributed by atoms with Gasteiger partial charge in [-0.25, -0.2) is 0 Å². The van der Waals surface area contributed by atoms with Crippen LogP contribution in [-0.4, -0.2) is 18.6 Å². The molecule has 0 aliphatic heterocycles. The topological polar surface area (TPSA) is 85.4 Å². The van der Waals surface area contributed by atoms with Crippen molar-refractivity contribution in [2.75, 3.05) is 13.7 Å². The molecule has 0 saturated heterocycles. The van der Waals surface area contributed by atoms with Gasteiger partial charge < -0.3 is 9.47 Å². The first kappa shape index (κ1) is 19.0. The molecular formula is C20H20N2O4. The highest BCUT2D eigenvalue weighted by Gasteiger charge is 2.09. The summed E-state index contributed by atoms with van der Waals surface area (Å²) in [5.41, 5.74) is 1.78. The van der Waals surface area contributed by atoms with Crippen molar-refractivity contribution in [1.29, 1.82) is 5.26 Å². The van der Waals surface area contributed by atoms with Crippen molar-refractivity contribution >= 4 is 17.3 Å². The van der Waals surface area contributed by atoms with Crippen molar-refractivity contribution in [3.8, 4) is 17.6 Å². The van der Waals surface area contributed by atoms with Crippen LogP contribution in [0.25, 0.3) is 11.6 Å². The second-order valence-electron chi connectivity index (χ2n) is 5.59. The minimum Gasteiger partial charge on any atom is -0.493 e. The Labute approximate surface area is 152 Å². The first-order chi connectivity index (χ1) is 12.6. The summed E-state index contributed by atoms with van der Waals surface area (Å²) in [6.07, 6.45) is 3.72. The lowest BCUT2D eigenvalue weighted by molar-refractivity contribution is -0.384. The Hall–Kier alpha value is -3.33. The average Bonchev–Trinajstić information content (AvgIpc) is 2.67. The minimum atomic E-state index is -0.471. The van der Waals surface area contributed by atoms with Crippen molar-refractivity contribution < 1.29 is 14.4 Å². The second-order valence-corrected chi connectivity index (χ2v) is 5.59. The lowest BCUT2D eigenvalue weighted by Crippen LogP contribution is -1.99. The number of nitrogens with zero attached hydrogens (tertiary/aromatic N) is 2. The summed E-state index contributed by atoms with van der Waals surface area (Å²) >= 11 is 0. The number of nitro groups is 1. The van der Waals surface area contributed by atoms with E-state index < -0.39 is 4.92 Å². The fraction of sp³-hybridized carbons (Fsp3) is 0.250. The molecule has 6 heteroatoms. The minimum absolute atomic E-state index is 0.0127. The highest BCUT2D eigenvalue weighted by Crippen LogP contribution is 2.30. The number of unbranched alkanes of at least 4 members (excludes halogenated alkanes) is 1. The van der Waals surface area contributed by atoms with Gasteiger partial charge in [-0.05, 0) is 47.9 Å². The number of ether oxygens (including phenoxy) is 2. The molecule has 0 unspecified atom stereocenters. The Morgan fingerprint density at radius 2 is 1.96 bits per heavy atom. The third kappa shape index (κ3) is 4.84. The predicted molar refractivity (Wildman–Crippen MR) is 100.0 cm³/mol. The van der Waals surface area contributed by atoms with Crippen LogP contribution in [-0.2, 0) is 0 Å². The highest BCUT2D eigenvalue weighted by atomic mass is 16.6. The maximum atomic E-state index is 10.7. The molecule has 0 amide bonds. The van der Waals surface area contributed by atoms with Crippen LogP contribution >= 0.6 is 0 Å². The standard InChI is InChI=1S/C20H20N2O4/c1-3-4-11-26-19-10-5-15(13-20(19)25-2)12-17(14-21)16-6-8-18(9-7-16)22(23)24/h5-10,12-13H,3-4,11H2,1-2H3/b17-12-. The normalized spacial score (nSPS) is 10.9. The number of nitriles is 1. The van der Waals surface area contributed by atoms with Crippen LogP contribution in [0.3, 0.4) is 0 Å². The molecule has 0 aliphatic carbocycles. The van der Waals surface area contributed by atoms with E-state index in [0.717, 1.165) is 18.4 Å². The van der Waals surface area contributed by atoms with E-state index in [1.54, 1.807) is 31.4 Å². The third-order valence-electron chi connectivity index (χ3n) is 3.76. The zero-order valence-corrected chi connectivity index (χ0v) is 14.8. The number of rotatable bonds is 8. The summed E-state index contributed by atoms with van der Waals surface area (Å²) in [4.78, 5) is 10.3. The highest BCUT2D eigenvalue weighted by molar-refractivity contribution is 5.90. The smallest absolute Gasteiger partial charge is 0.269 e. The second kappa shape index (κ2) is 9.23. The van der Waals surface area contributed by atoms with Gasteiger partial charge in [0.15, 0.2) is 11.5 Å². The summed E-state index contributed by atoms with van der Waals surface area (Å²) in [6, 6.07) is 13.5. The van der Waals surface area contributed by atoms with Gasteiger partial charge in [0.25, 0.3) is 5.69 Å². The van der Waals surface area contributed by atoms with E-state index in [2.05, 4.69) is 13.0 Å². The molecule has 26 heavy (non-hydrogen) atoms. The number of non-ortho nitro benzene ring substituents is 1. The summed E-state index contributed by atoms with van der Waals surface area (Å²) in [7, 11) is 1.57. The van der Waals surface area contributed by atoms with Gasteiger partial charge in [-0.3, -0.25) is 10.1 Å². The molecule has 0 N–H and O–H groups in total. The monoisotopic (exact) mass is 352 g/mol. The van der Waals surface area contributed by atoms with Crippen LogP contribution in [0.4, 0.5) is 5.69 Å². The van der Waals surface area contributed by atoms with Crippen molar-refractivity contribution in [3.63, 3.8) is 0 Å². The SMILES string of the molecule is CCCCOc1ccc(/C=C(/C#N)c2ccc([N+](=O)[O-])cc2)cc1OC. The molecule has 0 aromatic heterocycles. The molecule has 0 fully saturated rings. The lowest BCUT2D eigenvalue weighted by atomic mass is 10.0. The van der Waals surface area contributed by atoms with E-state index >= 15 is 0 Å².